The van der Waals surface area contributed by atoms with Gasteiger partial charge in [-0.15, -0.1) is 0 Å². The summed E-state index contributed by atoms with van der Waals surface area (Å²) in [5, 5.41) is 8.37. The highest BCUT2D eigenvalue weighted by Gasteiger charge is 2.08. The first-order chi connectivity index (χ1) is 6.20. The fourth-order valence-corrected chi connectivity index (χ4v) is 0.844. The van der Waals surface area contributed by atoms with Gasteiger partial charge in [-0.05, 0) is 13.3 Å². The van der Waals surface area contributed by atoms with Crippen LogP contribution in [0.15, 0.2) is 0 Å². The summed E-state index contributed by atoms with van der Waals surface area (Å²) in [5.41, 5.74) is 0. The maximum Gasteiger partial charge on any atom is 0.307 e. The van der Waals surface area contributed by atoms with Gasteiger partial charge in [-0.1, -0.05) is 19.8 Å². The number of hydrogen-bond acceptors (Lipinski definition) is 3. The Morgan fingerprint density at radius 1 is 1.62 bits per heavy atom. The molecule has 0 aliphatic rings. The molecule has 0 rings (SSSR count). The van der Waals surface area contributed by atoms with Crippen LogP contribution in [0.1, 0.15) is 32.6 Å². The lowest BCUT2D eigenvalue weighted by atomic mass is 10.1. The normalized spacial score (nSPS) is 11.8. The molecule has 0 saturated carbocycles. The van der Waals surface area contributed by atoms with Gasteiger partial charge >= 0.3 is 5.97 Å². The quantitative estimate of drug-likeness (QED) is 0.467. The molecule has 3 nitrogen and oxygen atoms in total. The summed E-state index contributed by atoms with van der Waals surface area (Å²) in [6, 6.07) is 1.89. The van der Waals surface area contributed by atoms with Gasteiger partial charge in [-0.25, -0.2) is 0 Å². The third kappa shape index (κ3) is 7.32. The van der Waals surface area contributed by atoms with Crippen LogP contribution in [0.4, 0.5) is 0 Å². The number of hydrogen-bond donors (Lipinski definition) is 0. The molecule has 0 bridgehead atoms. The van der Waals surface area contributed by atoms with Crippen molar-refractivity contribution < 1.29 is 9.53 Å². The van der Waals surface area contributed by atoms with Crippen molar-refractivity contribution in [3.63, 3.8) is 0 Å². The number of carbonyl (C=O) groups is 1. The van der Waals surface area contributed by atoms with Gasteiger partial charge in [0.1, 0.15) is 0 Å². The Morgan fingerprint density at radius 3 is 2.85 bits per heavy atom. The van der Waals surface area contributed by atoms with Crippen LogP contribution in [0.5, 0.6) is 0 Å². The molecule has 3 heteroatoms. The first-order valence-corrected chi connectivity index (χ1v) is 4.59. The van der Waals surface area contributed by atoms with Crippen molar-refractivity contribution in [2.45, 2.75) is 32.6 Å². The van der Waals surface area contributed by atoms with Crippen molar-refractivity contribution in [3.8, 4) is 6.07 Å². The molecule has 0 aromatic carbocycles. The molecule has 13 heavy (non-hydrogen) atoms. The van der Waals surface area contributed by atoms with Crippen molar-refractivity contribution in [1.82, 2.24) is 0 Å². The average molecular weight is 182 g/mol. The average Bonchev–Trinajstić information content (AvgIpc) is 2.12. The molecule has 0 fully saturated rings. The highest BCUT2D eigenvalue weighted by atomic mass is 16.5. The molecule has 0 aliphatic carbocycles. The van der Waals surface area contributed by atoms with E-state index in [2.05, 4.69) is 13.8 Å². The van der Waals surface area contributed by atoms with E-state index in [9.17, 15) is 4.79 Å². The lowest BCUT2D eigenvalue weighted by molar-refractivity contribution is -0.144. The second-order valence-corrected chi connectivity index (χ2v) is 2.96. The number of ether oxygens (including phenoxy) is 1. The van der Waals surface area contributed by atoms with E-state index in [-0.39, 0.29) is 12.4 Å². The third-order valence-electron chi connectivity index (χ3n) is 1.61. The summed E-state index contributed by atoms with van der Waals surface area (Å²) in [4.78, 5) is 11.0. The van der Waals surface area contributed by atoms with Crippen molar-refractivity contribution in [3.05, 3.63) is 6.92 Å². The number of esters is 1. The SMILES string of the molecule is [CH2]C(C#N)CC(=O)OCCCCC. The summed E-state index contributed by atoms with van der Waals surface area (Å²) < 4.78 is 4.89. The molecule has 73 valence electrons. The minimum atomic E-state index is -0.487. The topological polar surface area (TPSA) is 50.1 Å². The molecular formula is C10H16NO2. The minimum absolute atomic E-state index is 0.0998. The lowest BCUT2D eigenvalue weighted by Gasteiger charge is -2.04. The van der Waals surface area contributed by atoms with Gasteiger partial charge in [0.15, 0.2) is 0 Å². The summed E-state index contributed by atoms with van der Waals surface area (Å²) >= 11 is 0. The van der Waals surface area contributed by atoms with Crippen molar-refractivity contribution >= 4 is 5.97 Å². The van der Waals surface area contributed by atoms with Gasteiger partial charge in [0.2, 0.25) is 0 Å². The van der Waals surface area contributed by atoms with Crippen LogP contribution < -0.4 is 0 Å². The molecule has 0 amide bonds. The molecule has 0 spiro atoms. The van der Waals surface area contributed by atoms with Gasteiger partial charge in [-0.2, -0.15) is 5.26 Å². The monoisotopic (exact) mass is 182 g/mol. The number of nitrogens with zero attached hydrogens (tertiary/aromatic N) is 1. The summed E-state index contributed by atoms with van der Waals surface area (Å²) in [6.07, 6.45) is 3.17. The highest BCUT2D eigenvalue weighted by Crippen LogP contribution is 2.02. The number of unbranched alkanes of at least 4 members (excludes halogenated alkanes) is 2. The molecule has 1 atom stereocenters. The first-order valence-electron chi connectivity index (χ1n) is 4.59. The van der Waals surface area contributed by atoms with Crippen LogP contribution in [0, 0.1) is 24.2 Å². The van der Waals surface area contributed by atoms with Crippen LogP contribution in [-0.4, -0.2) is 12.6 Å². The Hall–Kier alpha value is -1.04. The van der Waals surface area contributed by atoms with Crippen LogP contribution in [0.25, 0.3) is 0 Å². The smallest absolute Gasteiger partial charge is 0.307 e. The van der Waals surface area contributed by atoms with E-state index in [1.165, 1.54) is 0 Å². The first kappa shape index (κ1) is 12.0. The van der Waals surface area contributed by atoms with Crippen LogP contribution in [0.2, 0.25) is 0 Å². The van der Waals surface area contributed by atoms with Gasteiger partial charge in [0.25, 0.3) is 0 Å². The molecule has 0 N–H and O–H groups in total. The standard InChI is InChI=1S/C10H16NO2/c1-3-4-5-6-13-10(12)7-9(2)8-11/h9H,2-7H2,1H3. The molecule has 1 unspecified atom stereocenters. The Labute approximate surface area is 79.7 Å². The van der Waals surface area contributed by atoms with E-state index in [4.69, 9.17) is 10.00 Å². The molecular weight excluding hydrogens is 166 g/mol. The lowest BCUT2D eigenvalue weighted by Crippen LogP contribution is -2.09. The second-order valence-electron chi connectivity index (χ2n) is 2.96. The minimum Gasteiger partial charge on any atom is -0.466 e. The summed E-state index contributed by atoms with van der Waals surface area (Å²) in [7, 11) is 0. The molecule has 0 heterocycles. The molecule has 0 aromatic rings. The van der Waals surface area contributed by atoms with E-state index in [0.29, 0.717) is 6.61 Å². The van der Waals surface area contributed by atoms with Crippen molar-refractivity contribution in [2.75, 3.05) is 6.61 Å². The number of carbonyl (C=O) groups excluding carboxylic acids is 1. The Bertz CT molecular complexity index is 184. The number of nitriles is 1. The second kappa shape index (κ2) is 7.60. The van der Waals surface area contributed by atoms with Crippen molar-refractivity contribution in [2.24, 2.45) is 5.92 Å². The maximum absolute atomic E-state index is 11.0. The molecule has 0 aromatic heterocycles. The fourth-order valence-electron chi connectivity index (χ4n) is 0.844. The van der Waals surface area contributed by atoms with E-state index in [1.807, 2.05) is 6.07 Å². The largest absolute Gasteiger partial charge is 0.466 e. The van der Waals surface area contributed by atoms with Gasteiger partial charge in [0, 0.05) is 0 Å². The highest BCUT2D eigenvalue weighted by molar-refractivity contribution is 5.70. The zero-order valence-electron chi connectivity index (χ0n) is 8.08. The Morgan fingerprint density at radius 2 is 2.31 bits per heavy atom. The van der Waals surface area contributed by atoms with E-state index >= 15 is 0 Å². The predicted octanol–water partition coefficient (Wildman–Crippen LogP) is 2.08. The van der Waals surface area contributed by atoms with Crippen LogP contribution in [0.3, 0.4) is 0 Å². The predicted molar refractivity (Wildman–Crippen MR) is 49.6 cm³/mol. The number of rotatable bonds is 6. The van der Waals surface area contributed by atoms with E-state index < -0.39 is 5.92 Å². The zero-order chi connectivity index (χ0) is 10.1. The zero-order valence-corrected chi connectivity index (χ0v) is 8.08. The van der Waals surface area contributed by atoms with Crippen LogP contribution >= 0.6 is 0 Å². The van der Waals surface area contributed by atoms with Crippen LogP contribution in [-0.2, 0) is 9.53 Å². The van der Waals surface area contributed by atoms with Gasteiger partial charge in [-0.3, -0.25) is 4.79 Å². The van der Waals surface area contributed by atoms with Crippen molar-refractivity contribution in [1.29, 1.82) is 5.26 Å². The van der Waals surface area contributed by atoms with E-state index in [0.717, 1.165) is 19.3 Å². The summed E-state index contributed by atoms with van der Waals surface area (Å²) in [6.45, 7) is 6.03. The molecule has 0 aliphatic heterocycles. The Kier molecular flexibility index (Phi) is 6.99. The maximum atomic E-state index is 11.0. The van der Waals surface area contributed by atoms with Gasteiger partial charge < -0.3 is 4.74 Å². The Balaban J connectivity index is 3.36. The molecule has 1 radical (unpaired) electrons. The fraction of sp³-hybridized carbons (Fsp3) is 0.700. The summed E-state index contributed by atoms with van der Waals surface area (Å²) in [5.74, 6) is -0.809. The third-order valence-corrected chi connectivity index (χ3v) is 1.61. The van der Waals surface area contributed by atoms with E-state index in [1.54, 1.807) is 0 Å². The van der Waals surface area contributed by atoms with Gasteiger partial charge in [0.05, 0.1) is 25.0 Å². The molecule has 0 saturated heterocycles.